The quantitative estimate of drug-likeness (QED) is 0.534. The summed E-state index contributed by atoms with van der Waals surface area (Å²) in [6.45, 7) is 1.49. The molecule has 0 saturated carbocycles. The molecular weight excluding hydrogens is 108 g/mol. The molecule has 0 spiro atoms. The zero-order valence-corrected chi connectivity index (χ0v) is 4.37. The lowest BCUT2D eigenvalue weighted by Crippen LogP contribution is -1.86. The Hall–Kier alpha value is -0.900. The molecule has 4 heteroatoms. The van der Waals surface area contributed by atoms with E-state index in [-0.39, 0.29) is 0 Å². The van der Waals surface area contributed by atoms with Crippen LogP contribution in [-0.4, -0.2) is 10.3 Å². The van der Waals surface area contributed by atoms with Crippen LogP contribution in [-0.2, 0) is 5.11 Å². The van der Waals surface area contributed by atoms with Crippen LogP contribution in [0.25, 0.3) is 0 Å². The highest BCUT2D eigenvalue weighted by molar-refractivity contribution is 4.91. The molecule has 0 fully saturated rings. The summed E-state index contributed by atoms with van der Waals surface area (Å²) in [5, 5.41) is 17.0. The number of hydrogen-bond acceptors (Lipinski definition) is 3. The van der Waals surface area contributed by atoms with Crippen molar-refractivity contribution in [3.05, 3.63) is 11.9 Å². The van der Waals surface area contributed by atoms with E-state index >= 15 is 0 Å². The lowest BCUT2D eigenvalue weighted by molar-refractivity contribution is 0.0984. The van der Waals surface area contributed by atoms with E-state index in [0.29, 0.717) is 5.69 Å². The molecule has 1 atom stereocenters. The predicted octanol–water partition coefficient (Wildman–Crippen LogP) is 0.561. The second-order valence-electron chi connectivity index (χ2n) is 1.47. The van der Waals surface area contributed by atoms with Gasteiger partial charge in [-0.1, -0.05) is 10.3 Å². The fourth-order valence-corrected chi connectivity index (χ4v) is 0.351. The van der Waals surface area contributed by atoms with E-state index in [1.54, 1.807) is 0 Å². The summed E-state index contributed by atoms with van der Waals surface area (Å²) in [5.41, 5.74) is 0.352. The molecule has 4 nitrogen and oxygen atoms in total. The van der Waals surface area contributed by atoms with Crippen LogP contribution < -0.4 is 0 Å². The highest BCUT2D eigenvalue weighted by atomic mass is 16.6. The van der Waals surface area contributed by atoms with Crippen molar-refractivity contribution in [3.8, 4) is 0 Å². The molecule has 0 N–H and O–H groups in total. The number of hydrogen-bond donors (Lipinski definition) is 0. The van der Waals surface area contributed by atoms with Gasteiger partial charge in [-0.2, -0.15) is 0 Å². The fourth-order valence-electron chi connectivity index (χ4n) is 0.351. The average Bonchev–Trinajstić information content (AvgIpc) is 2.12. The van der Waals surface area contributed by atoms with E-state index in [0.717, 1.165) is 0 Å². The summed E-state index contributed by atoms with van der Waals surface area (Å²) in [7, 11) is 0. The Morgan fingerprint density at radius 1 is 1.88 bits per heavy atom. The minimum absolute atomic E-state index is 0.352. The molecule has 1 aromatic heterocycles. The Labute approximate surface area is 46.1 Å². The van der Waals surface area contributed by atoms with Crippen molar-refractivity contribution < 1.29 is 9.74 Å². The molecule has 0 aromatic carbocycles. The Morgan fingerprint density at radius 3 is 2.88 bits per heavy atom. The minimum Gasteiger partial charge on any atom is -0.244 e. The minimum atomic E-state index is -0.832. The van der Waals surface area contributed by atoms with Crippen LogP contribution in [0.1, 0.15) is 18.7 Å². The Balaban J connectivity index is 2.77. The van der Waals surface area contributed by atoms with E-state index in [1.807, 2.05) is 0 Å². The first-order valence-electron chi connectivity index (χ1n) is 2.24. The zero-order valence-electron chi connectivity index (χ0n) is 4.37. The highest BCUT2D eigenvalue weighted by Crippen LogP contribution is 2.05. The first-order chi connectivity index (χ1) is 3.80. The Kier molecular flexibility index (Phi) is 1.26. The molecule has 1 heterocycles. The van der Waals surface area contributed by atoms with Crippen molar-refractivity contribution in [2.75, 3.05) is 0 Å². The van der Waals surface area contributed by atoms with Crippen molar-refractivity contribution in [1.82, 2.24) is 10.3 Å². The van der Waals surface area contributed by atoms with Gasteiger partial charge in [0.05, 0.1) is 6.20 Å². The van der Waals surface area contributed by atoms with Gasteiger partial charge in [-0.05, 0) is 6.92 Å². The van der Waals surface area contributed by atoms with Gasteiger partial charge >= 0.3 is 0 Å². The summed E-state index contributed by atoms with van der Waals surface area (Å²) in [6.07, 6.45) is 0.485. The average molecular weight is 113 g/mol. The largest absolute Gasteiger partial charge is 0.244 e. The van der Waals surface area contributed by atoms with Gasteiger partial charge in [-0.15, -0.1) is 0 Å². The smallest absolute Gasteiger partial charge is 0.137 e. The lowest BCUT2D eigenvalue weighted by Gasteiger charge is -1.87. The first-order valence-corrected chi connectivity index (χ1v) is 2.24. The summed E-state index contributed by atoms with van der Waals surface area (Å²) >= 11 is 0. The van der Waals surface area contributed by atoms with Crippen LogP contribution in [0.4, 0.5) is 0 Å². The summed E-state index contributed by atoms with van der Waals surface area (Å²) in [5.74, 6) is 0. The van der Waals surface area contributed by atoms with Gasteiger partial charge in [0.1, 0.15) is 11.8 Å². The number of nitrogens with zero attached hydrogens (tertiary/aromatic N) is 2. The Morgan fingerprint density at radius 2 is 2.62 bits per heavy atom. The molecule has 0 saturated heterocycles. The van der Waals surface area contributed by atoms with Crippen LogP contribution in [0.15, 0.2) is 10.8 Å². The van der Waals surface area contributed by atoms with Gasteiger partial charge < -0.3 is 0 Å². The maximum absolute atomic E-state index is 10.4. The molecule has 8 heavy (non-hydrogen) atoms. The van der Waals surface area contributed by atoms with Crippen LogP contribution >= 0.6 is 0 Å². The van der Waals surface area contributed by atoms with Crippen LogP contribution in [0.5, 0.6) is 0 Å². The van der Waals surface area contributed by atoms with Crippen molar-refractivity contribution in [2.45, 2.75) is 13.0 Å². The van der Waals surface area contributed by atoms with E-state index in [1.165, 1.54) is 13.1 Å². The molecular formula is C4H5N2O2. The van der Waals surface area contributed by atoms with Crippen molar-refractivity contribution in [2.24, 2.45) is 0 Å². The Bertz CT molecular complexity index is 147. The molecule has 0 aliphatic heterocycles. The molecule has 1 aromatic rings. The van der Waals surface area contributed by atoms with Crippen LogP contribution in [0, 0.1) is 0 Å². The predicted molar refractivity (Wildman–Crippen MR) is 23.4 cm³/mol. The fraction of sp³-hybridized carbons (Fsp3) is 0.500. The third-order valence-corrected chi connectivity index (χ3v) is 0.795. The summed E-state index contributed by atoms with van der Waals surface area (Å²) in [6, 6.07) is 0. The van der Waals surface area contributed by atoms with Crippen molar-refractivity contribution in [1.29, 1.82) is 0 Å². The molecule has 0 bridgehead atoms. The van der Waals surface area contributed by atoms with Gasteiger partial charge in [0, 0.05) is 0 Å². The normalized spacial score (nSPS) is 13.8. The molecule has 1 radical (unpaired) electrons. The molecule has 1 rings (SSSR count). The van der Waals surface area contributed by atoms with E-state index < -0.39 is 6.10 Å². The van der Waals surface area contributed by atoms with E-state index in [9.17, 15) is 5.11 Å². The molecule has 0 aliphatic rings. The summed E-state index contributed by atoms with van der Waals surface area (Å²) in [4.78, 5) is 0. The van der Waals surface area contributed by atoms with Gasteiger partial charge in [0.2, 0.25) is 0 Å². The second kappa shape index (κ2) is 1.92. The second-order valence-corrected chi connectivity index (χ2v) is 1.47. The maximum atomic E-state index is 10.4. The molecule has 0 aliphatic carbocycles. The van der Waals surface area contributed by atoms with E-state index in [2.05, 4.69) is 14.9 Å². The topological polar surface area (TPSA) is 58.8 Å². The number of aromatic nitrogens is 2. The van der Waals surface area contributed by atoms with Gasteiger partial charge in [-0.25, -0.2) is 9.74 Å². The monoisotopic (exact) mass is 113 g/mol. The lowest BCUT2D eigenvalue weighted by atomic mass is 10.3. The zero-order chi connectivity index (χ0) is 5.98. The third-order valence-electron chi connectivity index (χ3n) is 0.795. The third kappa shape index (κ3) is 0.840. The SMILES string of the molecule is CC([O])c1cnon1. The van der Waals surface area contributed by atoms with Crippen LogP contribution in [0.2, 0.25) is 0 Å². The highest BCUT2D eigenvalue weighted by Gasteiger charge is 2.04. The van der Waals surface area contributed by atoms with Gasteiger partial charge in [0.15, 0.2) is 0 Å². The summed E-state index contributed by atoms with van der Waals surface area (Å²) < 4.78 is 4.18. The van der Waals surface area contributed by atoms with Crippen molar-refractivity contribution >= 4 is 0 Å². The standard InChI is InChI=1S/C4H5N2O2/c1-3(7)4-2-5-8-6-4/h2-3H,1H3. The van der Waals surface area contributed by atoms with Gasteiger partial charge in [-0.3, -0.25) is 0 Å². The van der Waals surface area contributed by atoms with Crippen LogP contribution in [0.3, 0.4) is 0 Å². The maximum Gasteiger partial charge on any atom is 0.137 e. The van der Waals surface area contributed by atoms with Crippen molar-refractivity contribution in [3.63, 3.8) is 0 Å². The molecule has 1 unspecified atom stereocenters. The van der Waals surface area contributed by atoms with E-state index in [4.69, 9.17) is 0 Å². The number of rotatable bonds is 1. The van der Waals surface area contributed by atoms with Gasteiger partial charge in [0.25, 0.3) is 0 Å². The first kappa shape index (κ1) is 5.24. The molecule has 43 valence electrons. The molecule has 0 amide bonds.